The maximum absolute atomic E-state index is 11.7. The Bertz CT molecular complexity index is 633. The van der Waals surface area contributed by atoms with Crippen LogP contribution in [0.5, 0.6) is 0 Å². The maximum Gasteiger partial charge on any atom is 0.226 e. The Morgan fingerprint density at radius 2 is 1.93 bits per heavy atom. The highest BCUT2D eigenvalue weighted by Gasteiger charge is 2.17. The van der Waals surface area contributed by atoms with E-state index in [1.807, 2.05) is 38.1 Å². The Balaban J connectivity index is 0.00000420. The number of carbonyl (C=O) groups excluding carboxylic acids is 1. The Hall–Kier alpha value is -1.35. The smallest absolute Gasteiger partial charge is 0.226 e. The number of rotatable bonds is 8. The van der Waals surface area contributed by atoms with Crippen molar-refractivity contribution in [1.82, 2.24) is 15.5 Å². The molecule has 1 aliphatic heterocycles. The van der Waals surface area contributed by atoms with Crippen LogP contribution < -0.4 is 16.0 Å². The van der Waals surface area contributed by atoms with Gasteiger partial charge >= 0.3 is 0 Å². The van der Waals surface area contributed by atoms with Gasteiger partial charge in [-0.15, -0.1) is 24.0 Å². The van der Waals surface area contributed by atoms with Crippen molar-refractivity contribution < 1.29 is 4.79 Å². The van der Waals surface area contributed by atoms with Crippen LogP contribution >= 0.6 is 24.0 Å². The third-order valence-electron chi connectivity index (χ3n) is 5.28. The first-order valence-corrected chi connectivity index (χ1v) is 10.6. The molecule has 0 spiro atoms. The van der Waals surface area contributed by atoms with E-state index in [4.69, 9.17) is 0 Å². The van der Waals surface area contributed by atoms with Gasteiger partial charge in [-0.05, 0) is 50.4 Å². The van der Waals surface area contributed by atoms with Gasteiger partial charge in [0.15, 0.2) is 5.96 Å². The van der Waals surface area contributed by atoms with E-state index in [0.29, 0.717) is 6.54 Å². The van der Waals surface area contributed by atoms with Gasteiger partial charge in [-0.25, -0.2) is 0 Å². The van der Waals surface area contributed by atoms with E-state index < -0.39 is 0 Å². The largest absolute Gasteiger partial charge is 0.356 e. The van der Waals surface area contributed by atoms with Crippen LogP contribution in [0.15, 0.2) is 29.3 Å². The fraction of sp³-hybridized carbons (Fsp3) is 0.636. The zero-order valence-electron chi connectivity index (χ0n) is 18.3. The Labute approximate surface area is 193 Å². The SMILES string of the molecule is CN=C(NCCCN1CCCCC1C)NCc1ccc(NC(=O)C(C)C)cc1.I. The van der Waals surface area contributed by atoms with Gasteiger partial charge in [0.2, 0.25) is 5.91 Å². The average molecular weight is 515 g/mol. The third kappa shape index (κ3) is 9.33. The number of halogens is 1. The molecule has 0 bridgehead atoms. The van der Waals surface area contributed by atoms with Crippen molar-refractivity contribution >= 4 is 41.5 Å². The summed E-state index contributed by atoms with van der Waals surface area (Å²) >= 11 is 0. The molecule has 7 heteroatoms. The molecule has 0 saturated carbocycles. The Morgan fingerprint density at radius 1 is 1.21 bits per heavy atom. The van der Waals surface area contributed by atoms with E-state index in [0.717, 1.165) is 42.8 Å². The summed E-state index contributed by atoms with van der Waals surface area (Å²) in [6, 6.07) is 8.64. The lowest BCUT2D eigenvalue weighted by Gasteiger charge is -2.33. The fourth-order valence-electron chi connectivity index (χ4n) is 3.38. The molecule has 1 aromatic rings. The number of anilines is 1. The van der Waals surface area contributed by atoms with Crippen LogP contribution in [0.3, 0.4) is 0 Å². The molecule has 6 nitrogen and oxygen atoms in total. The van der Waals surface area contributed by atoms with Crippen molar-refractivity contribution in [2.24, 2.45) is 10.9 Å². The molecular formula is C22H38IN5O. The highest BCUT2D eigenvalue weighted by molar-refractivity contribution is 14.0. The molecule has 1 atom stereocenters. The fourth-order valence-corrected chi connectivity index (χ4v) is 3.38. The summed E-state index contributed by atoms with van der Waals surface area (Å²) in [4.78, 5) is 18.6. The number of guanidine groups is 1. The first-order chi connectivity index (χ1) is 13.5. The number of benzene rings is 1. The van der Waals surface area contributed by atoms with Crippen molar-refractivity contribution in [2.45, 2.75) is 59.0 Å². The number of nitrogens with one attached hydrogen (secondary N) is 3. The summed E-state index contributed by atoms with van der Waals surface area (Å²) < 4.78 is 0. The standard InChI is InChI=1S/C22H37N5O.HI/c1-17(2)21(28)26-20-11-9-19(10-12-20)16-25-22(23-4)24-13-7-15-27-14-6-5-8-18(27)3;/h9-12,17-18H,5-8,13-16H2,1-4H3,(H,26,28)(H2,23,24,25);1H. The van der Waals surface area contributed by atoms with Crippen LogP contribution in [0.2, 0.25) is 0 Å². The van der Waals surface area contributed by atoms with Crippen LogP contribution in [0.25, 0.3) is 0 Å². The van der Waals surface area contributed by atoms with Crippen LogP contribution in [-0.2, 0) is 11.3 Å². The highest BCUT2D eigenvalue weighted by Crippen LogP contribution is 2.16. The number of likely N-dealkylation sites (tertiary alicyclic amines) is 1. The number of aliphatic imine (C=N–C) groups is 1. The predicted molar refractivity (Wildman–Crippen MR) is 133 cm³/mol. The van der Waals surface area contributed by atoms with Gasteiger partial charge in [0.1, 0.15) is 0 Å². The first kappa shape index (κ1) is 25.7. The summed E-state index contributed by atoms with van der Waals surface area (Å²) in [5.74, 6) is 0.840. The van der Waals surface area contributed by atoms with Crippen LogP contribution in [0.1, 0.15) is 52.0 Å². The lowest BCUT2D eigenvalue weighted by molar-refractivity contribution is -0.118. The van der Waals surface area contributed by atoms with E-state index in [1.165, 1.54) is 25.8 Å². The highest BCUT2D eigenvalue weighted by atomic mass is 127. The molecule has 1 aromatic carbocycles. The predicted octanol–water partition coefficient (Wildman–Crippen LogP) is 3.83. The minimum absolute atomic E-state index is 0. The molecule has 1 unspecified atom stereocenters. The molecule has 1 saturated heterocycles. The van der Waals surface area contributed by atoms with Gasteiger partial charge in [0.05, 0.1) is 0 Å². The summed E-state index contributed by atoms with van der Waals surface area (Å²) in [7, 11) is 1.80. The molecular weight excluding hydrogens is 477 g/mol. The topological polar surface area (TPSA) is 68.8 Å². The zero-order chi connectivity index (χ0) is 20.4. The van der Waals surface area contributed by atoms with Crippen molar-refractivity contribution in [3.63, 3.8) is 0 Å². The van der Waals surface area contributed by atoms with Crippen LogP contribution in [-0.4, -0.2) is 49.5 Å². The van der Waals surface area contributed by atoms with E-state index >= 15 is 0 Å². The molecule has 164 valence electrons. The van der Waals surface area contributed by atoms with Gasteiger partial charge in [-0.1, -0.05) is 32.4 Å². The average Bonchev–Trinajstić information content (AvgIpc) is 2.69. The summed E-state index contributed by atoms with van der Waals surface area (Å²) in [6.07, 6.45) is 5.16. The number of piperidine rings is 1. The number of amides is 1. The zero-order valence-corrected chi connectivity index (χ0v) is 20.7. The number of hydrogen-bond acceptors (Lipinski definition) is 3. The molecule has 1 heterocycles. The summed E-state index contributed by atoms with van der Waals surface area (Å²) in [5, 5.41) is 9.66. The molecule has 1 amide bonds. The molecule has 0 radical (unpaired) electrons. The van der Waals surface area contributed by atoms with E-state index in [1.54, 1.807) is 7.05 Å². The minimum Gasteiger partial charge on any atom is -0.356 e. The van der Waals surface area contributed by atoms with Crippen LogP contribution in [0.4, 0.5) is 5.69 Å². The first-order valence-electron chi connectivity index (χ1n) is 10.6. The third-order valence-corrected chi connectivity index (χ3v) is 5.28. The molecule has 1 fully saturated rings. The monoisotopic (exact) mass is 515 g/mol. The molecule has 1 aliphatic rings. The lowest BCUT2D eigenvalue weighted by Crippen LogP contribution is -2.41. The molecule has 0 aromatic heterocycles. The van der Waals surface area contributed by atoms with Gasteiger partial charge in [-0.2, -0.15) is 0 Å². The van der Waals surface area contributed by atoms with Gasteiger partial charge in [0.25, 0.3) is 0 Å². The van der Waals surface area contributed by atoms with Crippen LogP contribution in [0, 0.1) is 5.92 Å². The second-order valence-corrected chi connectivity index (χ2v) is 7.93. The van der Waals surface area contributed by atoms with Gasteiger partial charge in [-0.3, -0.25) is 9.79 Å². The summed E-state index contributed by atoms with van der Waals surface area (Å²) in [6.45, 7) is 10.1. The summed E-state index contributed by atoms with van der Waals surface area (Å²) in [5.41, 5.74) is 1.98. The lowest BCUT2D eigenvalue weighted by atomic mass is 10.0. The van der Waals surface area contributed by atoms with Crippen molar-refractivity contribution in [3.05, 3.63) is 29.8 Å². The number of nitrogens with zero attached hydrogens (tertiary/aromatic N) is 2. The van der Waals surface area contributed by atoms with E-state index in [2.05, 4.69) is 32.8 Å². The van der Waals surface area contributed by atoms with Crippen molar-refractivity contribution in [2.75, 3.05) is 32.0 Å². The number of carbonyl (C=O) groups is 1. The molecule has 3 N–H and O–H groups in total. The Morgan fingerprint density at radius 3 is 2.55 bits per heavy atom. The molecule has 2 rings (SSSR count). The van der Waals surface area contributed by atoms with Crippen molar-refractivity contribution in [3.8, 4) is 0 Å². The van der Waals surface area contributed by atoms with Gasteiger partial charge in [0, 0.05) is 44.3 Å². The van der Waals surface area contributed by atoms with Gasteiger partial charge < -0.3 is 20.9 Å². The van der Waals surface area contributed by atoms with Crippen molar-refractivity contribution in [1.29, 1.82) is 0 Å². The second-order valence-electron chi connectivity index (χ2n) is 7.93. The molecule has 0 aliphatic carbocycles. The minimum atomic E-state index is -0.0196. The Kier molecular flexibility index (Phi) is 12.2. The van der Waals surface area contributed by atoms with E-state index in [9.17, 15) is 4.79 Å². The normalized spacial score (nSPS) is 17.6. The maximum atomic E-state index is 11.7. The number of hydrogen-bond donors (Lipinski definition) is 3. The second kappa shape index (κ2) is 13.8. The molecule has 29 heavy (non-hydrogen) atoms. The van der Waals surface area contributed by atoms with E-state index in [-0.39, 0.29) is 35.8 Å². The quantitative estimate of drug-likeness (QED) is 0.213.